The number of hydrogen-bond donors (Lipinski definition) is 1. The first-order valence-corrected chi connectivity index (χ1v) is 4.75. The minimum absolute atomic E-state index is 0.407. The summed E-state index contributed by atoms with van der Waals surface area (Å²) in [5, 5.41) is 7.84. The molecule has 1 N–H and O–H groups in total. The molecule has 1 unspecified atom stereocenters. The molecular weight excluding hydrogens is 136 g/mol. The molecule has 0 aliphatic carbocycles. The number of rotatable bonds is 7. The molecule has 2 heteroatoms. The van der Waals surface area contributed by atoms with Gasteiger partial charge in [-0.15, -0.1) is 0 Å². The van der Waals surface area contributed by atoms with Crippen molar-refractivity contribution >= 4 is 0 Å². The van der Waals surface area contributed by atoms with Crippen LogP contribution in [0.4, 0.5) is 0 Å². The molecule has 0 aromatic carbocycles. The Morgan fingerprint density at radius 3 is 2.36 bits per heavy atom. The Hall–Kier alpha value is -0.0800. The van der Waals surface area contributed by atoms with Gasteiger partial charge in [0, 0.05) is 6.54 Å². The van der Waals surface area contributed by atoms with Gasteiger partial charge in [-0.2, -0.15) is 0 Å². The zero-order valence-electron chi connectivity index (χ0n) is 8.06. The summed E-state index contributed by atoms with van der Waals surface area (Å²) in [4.78, 5) is 0. The molecular formula is C9H21N2. The standard InChI is InChI=1S/C9H21N2/c1-4-7-9(10-6-3)11-8-5-2/h9,11H,4-8H2,1-3H3. The SMILES string of the molecule is CCCNC(CCC)[N]CC. The Balaban J connectivity index is 3.34. The lowest BCUT2D eigenvalue weighted by molar-refractivity contribution is 0.399. The lowest BCUT2D eigenvalue weighted by atomic mass is 10.2. The number of nitrogens with zero attached hydrogens (tertiary/aromatic N) is 1. The summed E-state index contributed by atoms with van der Waals surface area (Å²) in [5.41, 5.74) is 0. The first kappa shape index (κ1) is 10.9. The lowest BCUT2D eigenvalue weighted by Crippen LogP contribution is -2.37. The highest BCUT2D eigenvalue weighted by Crippen LogP contribution is 1.93. The highest BCUT2D eigenvalue weighted by Gasteiger charge is 2.03. The Labute approximate surface area is 70.8 Å². The van der Waals surface area contributed by atoms with E-state index in [0.717, 1.165) is 13.1 Å². The van der Waals surface area contributed by atoms with Crippen molar-refractivity contribution in [2.45, 2.75) is 46.2 Å². The fraction of sp³-hybridized carbons (Fsp3) is 1.00. The van der Waals surface area contributed by atoms with Gasteiger partial charge in [-0.05, 0) is 19.4 Å². The Kier molecular flexibility index (Phi) is 7.96. The largest absolute Gasteiger partial charge is 0.301 e. The molecule has 0 saturated heterocycles. The van der Waals surface area contributed by atoms with Gasteiger partial charge in [0.2, 0.25) is 0 Å². The van der Waals surface area contributed by atoms with Crippen molar-refractivity contribution in [3.8, 4) is 0 Å². The summed E-state index contributed by atoms with van der Waals surface area (Å²) in [7, 11) is 0. The van der Waals surface area contributed by atoms with Crippen LogP contribution < -0.4 is 10.6 Å². The van der Waals surface area contributed by atoms with Gasteiger partial charge in [-0.3, -0.25) is 0 Å². The fourth-order valence-corrected chi connectivity index (χ4v) is 1.06. The molecule has 0 aliphatic rings. The maximum atomic E-state index is 4.44. The summed E-state index contributed by atoms with van der Waals surface area (Å²) >= 11 is 0. The Morgan fingerprint density at radius 2 is 1.91 bits per heavy atom. The van der Waals surface area contributed by atoms with Crippen LogP contribution in [0.3, 0.4) is 0 Å². The summed E-state index contributed by atoms with van der Waals surface area (Å²) in [6, 6.07) is 0. The number of nitrogens with one attached hydrogen (secondary N) is 1. The highest BCUT2D eigenvalue weighted by molar-refractivity contribution is 4.61. The van der Waals surface area contributed by atoms with Crippen LogP contribution in [0.5, 0.6) is 0 Å². The molecule has 11 heavy (non-hydrogen) atoms. The predicted molar refractivity (Wildman–Crippen MR) is 49.7 cm³/mol. The van der Waals surface area contributed by atoms with E-state index < -0.39 is 0 Å². The van der Waals surface area contributed by atoms with Gasteiger partial charge in [0.1, 0.15) is 0 Å². The molecule has 0 heterocycles. The fourth-order valence-electron chi connectivity index (χ4n) is 1.06. The van der Waals surface area contributed by atoms with E-state index >= 15 is 0 Å². The smallest absolute Gasteiger partial charge is 0.0735 e. The lowest BCUT2D eigenvalue weighted by Gasteiger charge is -2.16. The molecule has 0 spiro atoms. The molecule has 0 bridgehead atoms. The van der Waals surface area contributed by atoms with Gasteiger partial charge in [0.05, 0.1) is 6.17 Å². The van der Waals surface area contributed by atoms with Gasteiger partial charge >= 0.3 is 0 Å². The Bertz CT molecular complexity index is 68.0. The van der Waals surface area contributed by atoms with Gasteiger partial charge in [0.25, 0.3) is 0 Å². The van der Waals surface area contributed by atoms with Crippen LogP contribution in [0.1, 0.15) is 40.0 Å². The summed E-state index contributed by atoms with van der Waals surface area (Å²) < 4.78 is 0. The molecule has 0 fully saturated rings. The van der Waals surface area contributed by atoms with Crippen LogP contribution >= 0.6 is 0 Å². The third-order valence-corrected chi connectivity index (χ3v) is 1.60. The van der Waals surface area contributed by atoms with E-state index in [1.165, 1.54) is 19.3 Å². The van der Waals surface area contributed by atoms with E-state index in [4.69, 9.17) is 0 Å². The average Bonchev–Trinajstić information content (AvgIpc) is 2.01. The second-order valence-corrected chi connectivity index (χ2v) is 2.76. The highest BCUT2D eigenvalue weighted by atomic mass is 15.1. The molecule has 1 radical (unpaired) electrons. The second kappa shape index (κ2) is 8.02. The molecule has 0 saturated carbocycles. The normalized spacial score (nSPS) is 13.4. The summed E-state index contributed by atoms with van der Waals surface area (Å²) in [6.07, 6.45) is 3.99. The van der Waals surface area contributed by atoms with Crippen molar-refractivity contribution in [2.75, 3.05) is 13.1 Å². The van der Waals surface area contributed by atoms with E-state index in [9.17, 15) is 0 Å². The van der Waals surface area contributed by atoms with Crippen molar-refractivity contribution in [1.82, 2.24) is 10.6 Å². The van der Waals surface area contributed by atoms with Crippen LogP contribution in [-0.2, 0) is 0 Å². The molecule has 0 aromatic rings. The summed E-state index contributed by atoms with van der Waals surface area (Å²) in [6.45, 7) is 8.50. The second-order valence-electron chi connectivity index (χ2n) is 2.76. The topological polar surface area (TPSA) is 26.1 Å². The van der Waals surface area contributed by atoms with Crippen molar-refractivity contribution < 1.29 is 0 Å². The monoisotopic (exact) mass is 157 g/mol. The number of hydrogen-bond acceptors (Lipinski definition) is 1. The first-order valence-electron chi connectivity index (χ1n) is 4.75. The zero-order chi connectivity index (χ0) is 8.53. The van der Waals surface area contributed by atoms with E-state index in [1.807, 2.05) is 0 Å². The third-order valence-electron chi connectivity index (χ3n) is 1.60. The van der Waals surface area contributed by atoms with E-state index in [0.29, 0.717) is 6.17 Å². The van der Waals surface area contributed by atoms with Crippen molar-refractivity contribution in [2.24, 2.45) is 0 Å². The summed E-state index contributed by atoms with van der Waals surface area (Å²) in [5.74, 6) is 0. The molecule has 0 aliphatic heterocycles. The van der Waals surface area contributed by atoms with Crippen molar-refractivity contribution in [3.63, 3.8) is 0 Å². The Morgan fingerprint density at radius 1 is 1.18 bits per heavy atom. The average molecular weight is 157 g/mol. The quantitative estimate of drug-likeness (QED) is 0.598. The minimum Gasteiger partial charge on any atom is -0.301 e. The molecule has 0 aromatic heterocycles. The molecule has 0 amide bonds. The van der Waals surface area contributed by atoms with E-state index in [-0.39, 0.29) is 0 Å². The predicted octanol–water partition coefficient (Wildman–Crippen LogP) is 1.74. The van der Waals surface area contributed by atoms with E-state index in [2.05, 4.69) is 31.4 Å². The van der Waals surface area contributed by atoms with E-state index in [1.54, 1.807) is 0 Å². The van der Waals surface area contributed by atoms with Crippen LogP contribution in [0.15, 0.2) is 0 Å². The third kappa shape index (κ3) is 6.32. The minimum atomic E-state index is 0.407. The van der Waals surface area contributed by atoms with Gasteiger partial charge in [0.15, 0.2) is 0 Å². The zero-order valence-corrected chi connectivity index (χ0v) is 8.06. The van der Waals surface area contributed by atoms with Crippen LogP contribution in [0.2, 0.25) is 0 Å². The molecule has 0 rings (SSSR count). The van der Waals surface area contributed by atoms with Crippen LogP contribution in [0, 0.1) is 0 Å². The van der Waals surface area contributed by atoms with Gasteiger partial charge in [-0.25, -0.2) is 5.32 Å². The van der Waals surface area contributed by atoms with Crippen LogP contribution in [-0.4, -0.2) is 19.3 Å². The van der Waals surface area contributed by atoms with Gasteiger partial charge in [-0.1, -0.05) is 27.2 Å². The van der Waals surface area contributed by atoms with Gasteiger partial charge < -0.3 is 5.32 Å². The first-order chi connectivity index (χ1) is 5.35. The maximum Gasteiger partial charge on any atom is 0.0735 e. The van der Waals surface area contributed by atoms with Crippen molar-refractivity contribution in [3.05, 3.63) is 0 Å². The van der Waals surface area contributed by atoms with Crippen LogP contribution in [0.25, 0.3) is 0 Å². The molecule has 67 valence electrons. The van der Waals surface area contributed by atoms with Crippen molar-refractivity contribution in [1.29, 1.82) is 0 Å². The molecule has 1 atom stereocenters. The molecule has 2 nitrogen and oxygen atoms in total. The maximum absolute atomic E-state index is 4.44.